The van der Waals surface area contributed by atoms with Gasteiger partial charge >= 0.3 is 0 Å². The van der Waals surface area contributed by atoms with Crippen LogP contribution in [-0.2, 0) is 6.42 Å². The van der Waals surface area contributed by atoms with E-state index in [1.165, 1.54) is 25.1 Å². The Hall–Kier alpha value is -1.22. The van der Waals surface area contributed by atoms with Crippen LogP contribution in [-0.4, -0.2) is 31.1 Å². The molecule has 1 aromatic carbocycles. The Morgan fingerprint density at radius 1 is 1.25 bits per heavy atom. The largest absolute Gasteiger partial charge is 0.492 e. The fraction of sp³-hybridized carbons (Fsp3) is 0.647. The second kappa shape index (κ2) is 6.98. The van der Waals surface area contributed by atoms with Crippen molar-refractivity contribution in [2.45, 2.75) is 33.6 Å². The van der Waals surface area contributed by atoms with Gasteiger partial charge in [-0.3, -0.25) is 0 Å². The van der Waals surface area contributed by atoms with Crippen molar-refractivity contribution in [3.8, 4) is 5.75 Å². The normalized spacial score (nSPS) is 23.8. The number of likely N-dealkylation sites (tertiary alicyclic amines) is 1. The molecule has 0 aromatic heterocycles. The number of nitrogens with two attached hydrogens (primary N) is 1. The molecule has 0 saturated carbocycles. The Morgan fingerprint density at radius 2 is 1.95 bits per heavy atom. The number of benzene rings is 1. The van der Waals surface area contributed by atoms with Crippen LogP contribution in [0.3, 0.4) is 0 Å². The summed E-state index contributed by atoms with van der Waals surface area (Å²) in [6.07, 6.45) is 2.43. The lowest BCUT2D eigenvalue weighted by Crippen LogP contribution is -2.39. The number of nitrogens with zero attached hydrogens (tertiary/aromatic N) is 1. The van der Waals surface area contributed by atoms with Crippen molar-refractivity contribution in [2.75, 3.05) is 32.0 Å². The monoisotopic (exact) mass is 276 g/mol. The highest BCUT2D eigenvalue weighted by Crippen LogP contribution is 2.24. The summed E-state index contributed by atoms with van der Waals surface area (Å²) in [5.41, 5.74) is 8.08. The van der Waals surface area contributed by atoms with E-state index >= 15 is 0 Å². The Morgan fingerprint density at radius 3 is 2.55 bits per heavy atom. The Balaban J connectivity index is 1.89. The van der Waals surface area contributed by atoms with E-state index in [0.29, 0.717) is 6.61 Å². The summed E-state index contributed by atoms with van der Waals surface area (Å²) in [5.74, 6) is 2.45. The van der Waals surface area contributed by atoms with Gasteiger partial charge in [0.15, 0.2) is 0 Å². The number of hydrogen-bond donors (Lipinski definition) is 1. The smallest absolute Gasteiger partial charge is 0.142 e. The molecule has 0 spiro atoms. The molecule has 20 heavy (non-hydrogen) atoms. The third-order valence-corrected chi connectivity index (χ3v) is 4.04. The number of rotatable bonds is 5. The predicted molar refractivity (Wildman–Crippen MR) is 85.1 cm³/mol. The molecule has 112 valence electrons. The van der Waals surface area contributed by atoms with Crippen LogP contribution in [0.25, 0.3) is 0 Å². The lowest BCUT2D eigenvalue weighted by Gasteiger charge is -2.35. The number of ether oxygens (including phenoxy) is 1. The van der Waals surface area contributed by atoms with Crippen LogP contribution >= 0.6 is 0 Å². The molecule has 0 amide bonds. The van der Waals surface area contributed by atoms with E-state index in [-0.39, 0.29) is 0 Å². The molecule has 1 heterocycles. The summed E-state index contributed by atoms with van der Waals surface area (Å²) in [5, 5.41) is 0. The molecule has 1 aliphatic rings. The second-order valence-electron chi connectivity index (χ2n) is 6.26. The van der Waals surface area contributed by atoms with Crippen LogP contribution in [0, 0.1) is 11.8 Å². The lowest BCUT2D eigenvalue weighted by molar-refractivity contribution is 0.142. The average Bonchev–Trinajstić information content (AvgIpc) is 2.38. The van der Waals surface area contributed by atoms with E-state index in [0.717, 1.165) is 36.2 Å². The van der Waals surface area contributed by atoms with Gasteiger partial charge in [0.05, 0.1) is 12.3 Å². The molecular formula is C17H28N2O. The average molecular weight is 276 g/mol. The first-order chi connectivity index (χ1) is 9.58. The van der Waals surface area contributed by atoms with E-state index in [9.17, 15) is 0 Å². The molecule has 3 heteroatoms. The van der Waals surface area contributed by atoms with Crippen LogP contribution in [0.1, 0.15) is 32.8 Å². The van der Waals surface area contributed by atoms with Crippen LogP contribution in [0.2, 0.25) is 0 Å². The SMILES string of the molecule is CCOc1ccc(CCN2CC(C)CC(C)C2)cc1N. The van der Waals surface area contributed by atoms with Crippen LogP contribution in [0.15, 0.2) is 18.2 Å². The molecule has 2 atom stereocenters. The highest BCUT2D eigenvalue weighted by molar-refractivity contribution is 5.54. The van der Waals surface area contributed by atoms with Gasteiger partial charge in [-0.25, -0.2) is 0 Å². The van der Waals surface area contributed by atoms with Crippen molar-refractivity contribution in [3.05, 3.63) is 23.8 Å². The summed E-state index contributed by atoms with van der Waals surface area (Å²) in [7, 11) is 0. The summed E-state index contributed by atoms with van der Waals surface area (Å²) in [4.78, 5) is 2.59. The topological polar surface area (TPSA) is 38.5 Å². The van der Waals surface area contributed by atoms with Crippen molar-refractivity contribution in [3.63, 3.8) is 0 Å². The number of piperidine rings is 1. The Kier molecular flexibility index (Phi) is 5.30. The zero-order valence-corrected chi connectivity index (χ0v) is 13.1. The summed E-state index contributed by atoms with van der Waals surface area (Å²) in [6.45, 7) is 10.9. The fourth-order valence-electron chi connectivity index (χ4n) is 3.30. The molecule has 2 N–H and O–H groups in total. The van der Waals surface area contributed by atoms with Gasteiger partial charge in [0.1, 0.15) is 5.75 Å². The van der Waals surface area contributed by atoms with Crippen LogP contribution in [0.4, 0.5) is 5.69 Å². The maximum atomic E-state index is 6.02. The van der Waals surface area contributed by atoms with Gasteiger partial charge in [-0.1, -0.05) is 19.9 Å². The van der Waals surface area contributed by atoms with E-state index in [4.69, 9.17) is 10.5 Å². The second-order valence-corrected chi connectivity index (χ2v) is 6.26. The van der Waals surface area contributed by atoms with E-state index < -0.39 is 0 Å². The molecule has 1 aromatic rings. The lowest BCUT2D eigenvalue weighted by atomic mass is 9.91. The van der Waals surface area contributed by atoms with Crippen molar-refractivity contribution in [1.29, 1.82) is 0 Å². The van der Waals surface area contributed by atoms with Gasteiger partial charge in [0, 0.05) is 19.6 Å². The number of nitrogen functional groups attached to an aromatic ring is 1. The number of anilines is 1. The van der Waals surface area contributed by atoms with Gasteiger partial charge in [-0.05, 0) is 49.3 Å². The van der Waals surface area contributed by atoms with Crippen molar-refractivity contribution in [1.82, 2.24) is 4.90 Å². The van der Waals surface area contributed by atoms with E-state index in [2.05, 4.69) is 30.9 Å². The van der Waals surface area contributed by atoms with Crippen LogP contribution in [0.5, 0.6) is 5.75 Å². The van der Waals surface area contributed by atoms with Crippen LogP contribution < -0.4 is 10.5 Å². The molecule has 0 radical (unpaired) electrons. The molecule has 1 aliphatic heterocycles. The van der Waals surface area contributed by atoms with Gasteiger partial charge in [0.2, 0.25) is 0 Å². The summed E-state index contributed by atoms with van der Waals surface area (Å²) in [6, 6.07) is 6.19. The van der Waals surface area contributed by atoms with E-state index in [1.54, 1.807) is 0 Å². The standard InChI is InChI=1S/C17H28N2O/c1-4-20-17-6-5-15(10-16(17)18)7-8-19-11-13(2)9-14(3)12-19/h5-6,10,13-14H,4,7-9,11-12,18H2,1-3H3. The summed E-state index contributed by atoms with van der Waals surface area (Å²) >= 11 is 0. The van der Waals surface area contributed by atoms with Crippen molar-refractivity contribution >= 4 is 5.69 Å². The molecule has 2 rings (SSSR count). The zero-order chi connectivity index (χ0) is 14.5. The third-order valence-electron chi connectivity index (χ3n) is 4.04. The first kappa shape index (κ1) is 15.2. The quantitative estimate of drug-likeness (QED) is 0.839. The maximum Gasteiger partial charge on any atom is 0.142 e. The van der Waals surface area contributed by atoms with Gasteiger partial charge in [-0.2, -0.15) is 0 Å². The molecule has 1 fully saturated rings. The Labute approximate surface area is 123 Å². The minimum absolute atomic E-state index is 0.660. The zero-order valence-electron chi connectivity index (χ0n) is 13.1. The van der Waals surface area contributed by atoms with Gasteiger partial charge < -0.3 is 15.4 Å². The Bertz CT molecular complexity index is 423. The predicted octanol–water partition coefficient (Wildman–Crippen LogP) is 3.19. The molecule has 3 nitrogen and oxygen atoms in total. The minimum Gasteiger partial charge on any atom is -0.492 e. The molecule has 2 unspecified atom stereocenters. The number of hydrogen-bond acceptors (Lipinski definition) is 3. The summed E-state index contributed by atoms with van der Waals surface area (Å²) < 4.78 is 5.48. The highest BCUT2D eigenvalue weighted by Gasteiger charge is 2.21. The van der Waals surface area contributed by atoms with Gasteiger partial charge in [0.25, 0.3) is 0 Å². The van der Waals surface area contributed by atoms with Crippen molar-refractivity contribution < 1.29 is 4.74 Å². The fourth-order valence-corrected chi connectivity index (χ4v) is 3.30. The highest BCUT2D eigenvalue weighted by atomic mass is 16.5. The molecule has 1 saturated heterocycles. The first-order valence-electron chi connectivity index (χ1n) is 7.82. The van der Waals surface area contributed by atoms with E-state index in [1.807, 2.05) is 13.0 Å². The van der Waals surface area contributed by atoms with Gasteiger partial charge in [-0.15, -0.1) is 0 Å². The van der Waals surface area contributed by atoms with Crippen molar-refractivity contribution in [2.24, 2.45) is 11.8 Å². The maximum absolute atomic E-state index is 6.02. The molecular weight excluding hydrogens is 248 g/mol. The third kappa shape index (κ3) is 4.14. The molecule has 0 aliphatic carbocycles. The minimum atomic E-state index is 0.660. The molecule has 0 bridgehead atoms. The first-order valence-corrected chi connectivity index (χ1v) is 7.82.